The van der Waals surface area contributed by atoms with Gasteiger partial charge in [-0.15, -0.1) is 0 Å². The summed E-state index contributed by atoms with van der Waals surface area (Å²) in [5.41, 5.74) is 1.72. The second-order valence-electron chi connectivity index (χ2n) is 5.74. The lowest BCUT2D eigenvalue weighted by atomic mass is 10.1. The Morgan fingerprint density at radius 1 is 1.04 bits per heavy atom. The maximum Gasteiger partial charge on any atom is 0.264 e. The van der Waals surface area contributed by atoms with Gasteiger partial charge >= 0.3 is 0 Å². The van der Waals surface area contributed by atoms with E-state index >= 15 is 0 Å². The van der Waals surface area contributed by atoms with Gasteiger partial charge in [-0.25, -0.2) is 5.10 Å². The quantitative estimate of drug-likeness (QED) is 0.594. The molecule has 1 aromatic heterocycles. The first-order chi connectivity index (χ1) is 13.4. The highest BCUT2D eigenvalue weighted by molar-refractivity contribution is 6.36. The molecule has 0 saturated heterocycles. The molecule has 28 heavy (non-hydrogen) atoms. The van der Waals surface area contributed by atoms with Gasteiger partial charge in [0.1, 0.15) is 0 Å². The molecule has 0 aliphatic heterocycles. The maximum absolute atomic E-state index is 12.1. The summed E-state index contributed by atoms with van der Waals surface area (Å²) in [5, 5.41) is 12.1. The van der Waals surface area contributed by atoms with Crippen LogP contribution in [0.5, 0.6) is 0 Å². The fourth-order valence-electron chi connectivity index (χ4n) is 2.40. The minimum Gasteiger partial charge on any atom is -0.343 e. The van der Waals surface area contributed by atoms with E-state index in [1.165, 1.54) is 18.2 Å². The topological polar surface area (TPSA) is 104 Å². The van der Waals surface area contributed by atoms with Crippen LogP contribution in [0.4, 0.5) is 5.69 Å². The van der Waals surface area contributed by atoms with Crippen molar-refractivity contribution < 1.29 is 9.59 Å². The minimum absolute atomic E-state index is 0.200. The summed E-state index contributed by atoms with van der Waals surface area (Å²) in [6.45, 7) is -0.237. The van der Waals surface area contributed by atoms with Gasteiger partial charge in [0.05, 0.1) is 22.8 Å². The van der Waals surface area contributed by atoms with E-state index in [9.17, 15) is 14.4 Å². The second-order valence-corrected chi connectivity index (χ2v) is 6.59. The molecule has 3 aromatic rings. The number of carbonyl (C=O) groups is 2. The highest BCUT2D eigenvalue weighted by Gasteiger charge is 2.12. The van der Waals surface area contributed by atoms with Gasteiger partial charge in [-0.2, -0.15) is 5.10 Å². The van der Waals surface area contributed by atoms with Crippen LogP contribution in [0.2, 0.25) is 10.0 Å². The number of rotatable bonds is 5. The van der Waals surface area contributed by atoms with Crippen molar-refractivity contribution in [1.29, 1.82) is 0 Å². The molecule has 0 radical (unpaired) electrons. The van der Waals surface area contributed by atoms with Crippen molar-refractivity contribution in [3.63, 3.8) is 0 Å². The van der Waals surface area contributed by atoms with Gasteiger partial charge in [-0.3, -0.25) is 14.4 Å². The number of H-pyrrole nitrogens is 1. The monoisotopic (exact) mass is 416 g/mol. The van der Waals surface area contributed by atoms with Crippen molar-refractivity contribution in [3.8, 4) is 11.3 Å². The van der Waals surface area contributed by atoms with Gasteiger partial charge in [0.15, 0.2) is 0 Å². The van der Waals surface area contributed by atoms with E-state index in [0.29, 0.717) is 22.0 Å². The number of hydrogen-bond donors (Lipinski definition) is 3. The lowest BCUT2D eigenvalue weighted by Gasteiger charge is -2.09. The molecule has 142 valence electrons. The number of aromatic nitrogens is 2. The van der Waals surface area contributed by atoms with E-state index in [2.05, 4.69) is 20.8 Å². The molecular weight excluding hydrogens is 403 g/mol. The molecule has 0 atom stereocenters. The highest BCUT2D eigenvalue weighted by Crippen LogP contribution is 2.21. The summed E-state index contributed by atoms with van der Waals surface area (Å²) < 4.78 is 0. The van der Waals surface area contributed by atoms with Crippen LogP contribution in [-0.2, 0) is 4.79 Å². The van der Waals surface area contributed by atoms with Gasteiger partial charge in [0, 0.05) is 22.3 Å². The van der Waals surface area contributed by atoms with Crippen LogP contribution < -0.4 is 16.2 Å². The summed E-state index contributed by atoms with van der Waals surface area (Å²) in [7, 11) is 0. The van der Waals surface area contributed by atoms with Crippen molar-refractivity contribution >= 4 is 40.7 Å². The molecule has 2 amide bonds. The van der Waals surface area contributed by atoms with Crippen LogP contribution in [0.15, 0.2) is 59.4 Å². The standard InChI is InChI=1S/C19H14Cl2N4O3/c20-12-4-5-14(15(21)9-12)19(28)22-10-18(27)23-13-3-1-2-11(8-13)16-6-7-17(26)25-24-16/h1-9H,10H2,(H,22,28)(H,23,27)(H,25,26). The first-order valence-corrected chi connectivity index (χ1v) is 8.87. The molecule has 1 heterocycles. The third-order valence-corrected chi connectivity index (χ3v) is 4.25. The van der Waals surface area contributed by atoms with Gasteiger partial charge in [0.25, 0.3) is 11.5 Å². The van der Waals surface area contributed by atoms with Crippen molar-refractivity contribution in [2.75, 3.05) is 11.9 Å². The van der Waals surface area contributed by atoms with E-state index in [4.69, 9.17) is 23.2 Å². The Balaban J connectivity index is 1.62. The van der Waals surface area contributed by atoms with Crippen molar-refractivity contribution in [3.05, 3.63) is 80.6 Å². The third kappa shape index (κ3) is 4.97. The van der Waals surface area contributed by atoms with Gasteiger partial charge < -0.3 is 10.6 Å². The number of amides is 2. The Bertz CT molecular complexity index is 1080. The predicted molar refractivity (Wildman–Crippen MR) is 108 cm³/mol. The number of aromatic amines is 1. The molecule has 9 heteroatoms. The SMILES string of the molecule is O=C(CNC(=O)c1ccc(Cl)cc1Cl)Nc1cccc(-c2ccc(=O)[nH]n2)c1. The number of benzene rings is 2. The van der Waals surface area contributed by atoms with Crippen LogP contribution in [0.1, 0.15) is 10.4 Å². The predicted octanol–water partition coefficient (Wildman–Crippen LogP) is 3.11. The van der Waals surface area contributed by atoms with Crippen molar-refractivity contribution in [2.45, 2.75) is 0 Å². The average molecular weight is 417 g/mol. The summed E-state index contributed by atoms with van der Waals surface area (Å²) in [6, 6.07) is 14.4. The highest BCUT2D eigenvalue weighted by atomic mass is 35.5. The van der Waals surface area contributed by atoms with E-state index in [-0.39, 0.29) is 22.7 Å². The largest absolute Gasteiger partial charge is 0.343 e. The lowest BCUT2D eigenvalue weighted by molar-refractivity contribution is -0.115. The zero-order valence-electron chi connectivity index (χ0n) is 14.3. The molecule has 0 spiro atoms. The van der Waals surface area contributed by atoms with Crippen molar-refractivity contribution in [1.82, 2.24) is 15.5 Å². The fraction of sp³-hybridized carbons (Fsp3) is 0.0526. The number of halogens is 2. The molecule has 0 unspecified atom stereocenters. The van der Waals surface area contributed by atoms with E-state index in [1.807, 2.05) is 0 Å². The number of anilines is 1. The van der Waals surface area contributed by atoms with Crippen LogP contribution in [-0.4, -0.2) is 28.6 Å². The first kappa shape index (κ1) is 19.6. The summed E-state index contributed by atoms with van der Waals surface area (Å²) in [4.78, 5) is 35.4. The van der Waals surface area contributed by atoms with Crippen LogP contribution in [0.25, 0.3) is 11.3 Å². The lowest BCUT2D eigenvalue weighted by Crippen LogP contribution is -2.33. The summed E-state index contributed by atoms with van der Waals surface area (Å²) in [6.07, 6.45) is 0. The Morgan fingerprint density at radius 2 is 1.86 bits per heavy atom. The van der Waals surface area contributed by atoms with Gasteiger partial charge in [0.2, 0.25) is 5.91 Å². The average Bonchev–Trinajstić information content (AvgIpc) is 2.67. The van der Waals surface area contributed by atoms with E-state index in [0.717, 1.165) is 0 Å². The van der Waals surface area contributed by atoms with E-state index in [1.54, 1.807) is 36.4 Å². The Hall–Kier alpha value is -3.16. The normalized spacial score (nSPS) is 10.4. The summed E-state index contributed by atoms with van der Waals surface area (Å²) in [5.74, 6) is -0.895. The molecule has 3 N–H and O–H groups in total. The molecule has 2 aromatic carbocycles. The summed E-state index contributed by atoms with van der Waals surface area (Å²) >= 11 is 11.8. The Labute approximate surface area is 169 Å². The van der Waals surface area contributed by atoms with Crippen LogP contribution >= 0.6 is 23.2 Å². The molecule has 0 fully saturated rings. The van der Waals surface area contributed by atoms with Crippen LogP contribution in [0.3, 0.4) is 0 Å². The molecule has 3 rings (SSSR count). The molecule has 0 aliphatic rings. The smallest absolute Gasteiger partial charge is 0.264 e. The minimum atomic E-state index is -0.483. The number of hydrogen-bond acceptors (Lipinski definition) is 4. The number of carbonyl (C=O) groups excluding carboxylic acids is 2. The molecule has 0 saturated carbocycles. The van der Waals surface area contributed by atoms with Gasteiger partial charge in [-0.1, -0.05) is 35.3 Å². The first-order valence-electron chi connectivity index (χ1n) is 8.11. The van der Waals surface area contributed by atoms with Crippen molar-refractivity contribution in [2.24, 2.45) is 0 Å². The molecular formula is C19H14Cl2N4O3. The third-order valence-electron chi connectivity index (χ3n) is 3.71. The van der Waals surface area contributed by atoms with Crippen LogP contribution in [0, 0.1) is 0 Å². The number of nitrogens with one attached hydrogen (secondary N) is 3. The van der Waals surface area contributed by atoms with E-state index < -0.39 is 11.8 Å². The Kier molecular flexibility index (Phi) is 6.08. The molecule has 0 bridgehead atoms. The molecule has 7 nitrogen and oxygen atoms in total. The maximum atomic E-state index is 12.1. The fourth-order valence-corrected chi connectivity index (χ4v) is 2.89. The Morgan fingerprint density at radius 3 is 2.57 bits per heavy atom. The number of nitrogens with zero attached hydrogens (tertiary/aromatic N) is 1. The van der Waals surface area contributed by atoms with Gasteiger partial charge in [-0.05, 0) is 36.4 Å². The second kappa shape index (κ2) is 8.69. The zero-order valence-corrected chi connectivity index (χ0v) is 15.8. The zero-order chi connectivity index (χ0) is 20.1. The molecule has 0 aliphatic carbocycles.